The molecule has 0 aromatic heterocycles. The smallest absolute Gasteiger partial charge is 0.138 e. The number of carbonyl (C=O) groups is 1. The van der Waals surface area contributed by atoms with Gasteiger partial charge in [0.1, 0.15) is 5.78 Å². The van der Waals surface area contributed by atoms with E-state index in [0.717, 1.165) is 30.4 Å². The topological polar surface area (TPSA) is 37.3 Å². The van der Waals surface area contributed by atoms with Gasteiger partial charge < -0.3 is 5.11 Å². The van der Waals surface area contributed by atoms with Crippen molar-refractivity contribution in [3.63, 3.8) is 0 Å². The number of aliphatic hydroxyl groups is 1. The van der Waals surface area contributed by atoms with E-state index in [1.165, 1.54) is 0 Å². The van der Waals surface area contributed by atoms with E-state index in [1.807, 2.05) is 43.3 Å². The Morgan fingerprint density at radius 1 is 1.33 bits per heavy atom. The molecule has 18 heavy (non-hydrogen) atoms. The summed E-state index contributed by atoms with van der Waals surface area (Å²) in [6.07, 6.45) is 4.81. The fourth-order valence-electron chi connectivity index (χ4n) is 2.56. The highest BCUT2D eigenvalue weighted by Crippen LogP contribution is 2.27. The van der Waals surface area contributed by atoms with Crippen LogP contribution in [0.15, 0.2) is 35.9 Å². The average Bonchev–Trinajstić information content (AvgIpc) is 2.39. The zero-order chi connectivity index (χ0) is 13.0. The van der Waals surface area contributed by atoms with Gasteiger partial charge in [0.25, 0.3) is 0 Å². The minimum atomic E-state index is -0.627. The molecule has 1 aliphatic rings. The Morgan fingerprint density at radius 2 is 2.06 bits per heavy atom. The van der Waals surface area contributed by atoms with Gasteiger partial charge in [0.2, 0.25) is 0 Å². The van der Waals surface area contributed by atoms with Crippen molar-refractivity contribution in [2.45, 2.75) is 38.7 Å². The fraction of sp³-hybridized carbons (Fsp3) is 0.438. The molecule has 2 rings (SSSR count). The molecule has 2 atom stereocenters. The second-order valence-corrected chi connectivity index (χ2v) is 5.06. The molecule has 1 fully saturated rings. The van der Waals surface area contributed by atoms with Gasteiger partial charge in [-0.05, 0) is 30.9 Å². The number of rotatable bonds is 3. The standard InChI is InChI=1S/C16H20O2/c1-12(11-13-7-3-2-4-8-13)16(18)14-9-5-6-10-15(14)17/h2-4,7-8,11,14,16,18H,5-6,9-10H2,1H3/b12-11+/t14-,16+/m1/s1. The van der Waals surface area contributed by atoms with Crippen molar-refractivity contribution in [1.82, 2.24) is 0 Å². The van der Waals surface area contributed by atoms with E-state index >= 15 is 0 Å². The van der Waals surface area contributed by atoms with Crippen molar-refractivity contribution in [2.24, 2.45) is 5.92 Å². The minimum absolute atomic E-state index is 0.196. The highest BCUT2D eigenvalue weighted by atomic mass is 16.3. The number of benzene rings is 1. The zero-order valence-corrected chi connectivity index (χ0v) is 10.8. The molecule has 0 heterocycles. The summed E-state index contributed by atoms with van der Waals surface area (Å²) in [5, 5.41) is 10.3. The molecule has 1 aliphatic carbocycles. The molecule has 0 spiro atoms. The van der Waals surface area contributed by atoms with Gasteiger partial charge in [0, 0.05) is 12.3 Å². The predicted octanol–water partition coefficient (Wildman–Crippen LogP) is 3.21. The summed E-state index contributed by atoms with van der Waals surface area (Å²) in [7, 11) is 0. The summed E-state index contributed by atoms with van der Waals surface area (Å²) < 4.78 is 0. The Labute approximate surface area is 108 Å². The van der Waals surface area contributed by atoms with Crippen molar-refractivity contribution in [1.29, 1.82) is 0 Å². The third-order valence-corrected chi connectivity index (χ3v) is 3.64. The van der Waals surface area contributed by atoms with Crippen LogP contribution in [0.5, 0.6) is 0 Å². The molecule has 1 N–H and O–H groups in total. The van der Waals surface area contributed by atoms with Crippen LogP contribution in [-0.4, -0.2) is 17.0 Å². The van der Waals surface area contributed by atoms with E-state index in [2.05, 4.69) is 0 Å². The van der Waals surface area contributed by atoms with Crippen LogP contribution in [0.3, 0.4) is 0 Å². The number of hydrogen-bond acceptors (Lipinski definition) is 2. The first kappa shape index (κ1) is 13.0. The largest absolute Gasteiger partial charge is 0.388 e. The van der Waals surface area contributed by atoms with Gasteiger partial charge in [0.15, 0.2) is 0 Å². The van der Waals surface area contributed by atoms with Crippen LogP contribution < -0.4 is 0 Å². The second kappa shape index (κ2) is 5.96. The first-order valence-corrected chi connectivity index (χ1v) is 6.62. The molecule has 0 saturated heterocycles. The van der Waals surface area contributed by atoms with Crippen molar-refractivity contribution < 1.29 is 9.90 Å². The van der Waals surface area contributed by atoms with E-state index < -0.39 is 6.10 Å². The highest BCUT2D eigenvalue weighted by Gasteiger charge is 2.29. The molecule has 1 aromatic rings. The molecular formula is C16H20O2. The molecule has 2 heteroatoms. The molecule has 0 unspecified atom stereocenters. The number of ketones is 1. The van der Waals surface area contributed by atoms with E-state index in [-0.39, 0.29) is 11.7 Å². The van der Waals surface area contributed by atoms with Crippen LogP contribution in [0.2, 0.25) is 0 Å². The maximum atomic E-state index is 11.8. The maximum absolute atomic E-state index is 11.8. The third kappa shape index (κ3) is 3.08. The molecule has 1 saturated carbocycles. The Morgan fingerprint density at radius 3 is 2.72 bits per heavy atom. The zero-order valence-electron chi connectivity index (χ0n) is 10.8. The summed E-state index contributed by atoms with van der Waals surface area (Å²) in [6.45, 7) is 1.90. The lowest BCUT2D eigenvalue weighted by Crippen LogP contribution is -2.31. The molecule has 0 aliphatic heterocycles. The van der Waals surface area contributed by atoms with Gasteiger partial charge >= 0.3 is 0 Å². The number of carbonyl (C=O) groups excluding carboxylic acids is 1. The summed E-state index contributed by atoms with van der Waals surface area (Å²) in [4.78, 5) is 11.8. The van der Waals surface area contributed by atoms with Gasteiger partial charge in [-0.1, -0.05) is 42.8 Å². The van der Waals surface area contributed by atoms with Crippen LogP contribution in [0, 0.1) is 5.92 Å². The molecular weight excluding hydrogens is 224 g/mol. The molecule has 2 nitrogen and oxygen atoms in total. The molecule has 0 radical (unpaired) electrons. The van der Waals surface area contributed by atoms with E-state index in [4.69, 9.17) is 0 Å². The van der Waals surface area contributed by atoms with Crippen molar-refractivity contribution in [3.8, 4) is 0 Å². The lowest BCUT2D eigenvalue weighted by Gasteiger charge is -2.26. The third-order valence-electron chi connectivity index (χ3n) is 3.64. The van der Waals surface area contributed by atoms with Crippen molar-refractivity contribution in [3.05, 3.63) is 41.5 Å². The van der Waals surface area contributed by atoms with Crippen LogP contribution in [-0.2, 0) is 4.79 Å². The Kier molecular flexibility index (Phi) is 4.32. The fourth-order valence-corrected chi connectivity index (χ4v) is 2.56. The lowest BCUT2D eigenvalue weighted by atomic mass is 9.81. The number of Topliss-reactive ketones (excluding diaryl/α,β-unsaturated/α-hetero) is 1. The van der Waals surface area contributed by atoms with Crippen LogP contribution in [0.1, 0.15) is 38.2 Å². The Bertz CT molecular complexity index is 434. The lowest BCUT2D eigenvalue weighted by molar-refractivity contribution is -0.127. The highest BCUT2D eigenvalue weighted by molar-refractivity contribution is 5.82. The minimum Gasteiger partial charge on any atom is -0.388 e. The van der Waals surface area contributed by atoms with Crippen LogP contribution >= 0.6 is 0 Å². The van der Waals surface area contributed by atoms with Gasteiger partial charge in [-0.2, -0.15) is 0 Å². The van der Waals surface area contributed by atoms with Gasteiger partial charge in [-0.25, -0.2) is 0 Å². The second-order valence-electron chi connectivity index (χ2n) is 5.06. The SMILES string of the molecule is C/C(=C\c1ccccc1)[C@H](O)[C@@H]1CCCCC1=O. The number of aliphatic hydroxyl groups excluding tert-OH is 1. The van der Waals surface area contributed by atoms with E-state index in [0.29, 0.717) is 6.42 Å². The quantitative estimate of drug-likeness (QED) is 0.886. The van der Waals surface area contributed by atoms with Crippen molar-refractivity contribution >= 4 is 11.9 Å². The summed E-state index contributed by atoms with van der Waals surface area (Å²) >= 11 is 0. The first-order chi connectivity index (χ1) is 8.68. The molecule has 96 valence electrons. The maximum Gasteiger partial charge on any atom is 0.138 e. The van der Waals surface area contributed by atoms with Gasteiger partial charge in [0.05, 0.1) is 6.10 Å². The van der Waals surface area contributed by atoms with Crippen LogP contribution in [0.25, 0.3) is 6.08 Å². The summed E-state index contributed by atoms with van der Waals surface area (Å²) in [6, 6.07) is 9.90. The molecule has 0 amide bonds. The van der Waals surface area contributed by atoms with Gasteiger partial charge in [-0.15, -0.1) is 0 Å². The molecule has 0 bridgehead atoms. The summed E-state index contributed by atoms with van der Waals surface area (Å²) in [5.74, 6) is 0.0215. The van der Waals surface area contributed by atoms with Crippen molar-refractivity contribution in [2.75, 3.05) is 0 Å². The van der Waals surface area contributed by atoms with Crippen LogP contribution in [0.4, 0.5) is 0 Å². The number of hydrogen-bond donors (Lipinski definition) is 1. The van der Waals surface area contributed by atoms with E-state index in [1.54, 1.807) is 0 Å². The average molecular weight is 244 g/mol. The Hall–Kier alpha value is -1.41. The normalized spacial score (nSPS) is 22.9. The Balaban J connectivity index is 2.10. The van der Waals surface area contributed by atoms with E-state index in [9.17, 15) is 9.90 Å². The van der Waals surface area contributed by atoms with Gasteiger partial charge in [-0.3, -0.25) is 4.79 Å². The predicted molar refractivity (Wildman–Crippen MR) is 73.1 cm³/mol. The molecule has 1 aromatic carbocycles. The monoisotopic (exact) mass is 244 g/mol. The first-order valence-electron chi connectivity index (χ1n) is 6.62. The summed E-state index contributed by atoms with van der Waals surface area (Å²) in [5.41, 5.74) is 1.94.